The number of esters is 1. The highest BCUT2D eigenvalue weighted by Gasteiger charge is 2.22. The molecule has 23 heavy (non-hydrogen) atoms. The number of carbonyl (C=O) groups excluding carboxylic acids is 1. The lowest BCUT2D eigenvalue weighted by atomic mass is 10.0. The van der Waals surface area contributed by atoms with Gasteiger partial charge in [0.25, 0.3) is 6.43 Å². The molecule has 0 saturated carbocycles. The van der Waals surface area contributed by atoms with Gasteiger partial charge in [-0.25, -0.2) is 18.0 Å². The molecule has 4 nitrogen and oxygen atoms in total. The Balaban J connectivity index is 2.59. The van der Waals surface area contributed by atoms with E-state index in [9.17, 15) is 18.0 Å². The van der Waals surface area contributed by atoms with Crippen LogP contribution in [-0.4, -0.2) is 25.2 Å². The first kappa shape index (κ1) is 16.8. The van der Waals surface area contributed by atoms with Crippen molar-refractivity contribution in [2.75, 3.05) is 14.2 Å². The number of alkyl halides is 2. The van der Waals surface area contributed by atoms with Gasteiger partial charge in [0.05, 0.1) is 25.5 Å². The number of aromatic nitrogens is 1. The van der Waals surface area contributed by atoms with Crippen LogP contribution in [0.2, 0.25) is 0 Å². The number of pyridine rings is 1. The number of rotatable bonds is 4. The molecule has 0 bridgehead atoms. The first-order chi connectivity index (χ1) is 10.9. The Hall–Kier alpha value is -2.57. The van der Waals surface area contributed by atoms with Crippen LogP contribution < -0.4 is 4.74 Å². The van der Waals surface area contributed by atoms with E-state index in [0.29, 0.717) is 11.3 Å². The Labute approximate surface area is 130 Å². The van der Waals surface area contributed by atoms with Gasteiger partial charge in [-0.15, -0.1) is 0 Å². The minimum Gasteiger partial charge on any atom is -0.496 e. The summed E-state index contributed by atoms with van der Waals surface area (Å²) in [6.45, 7) is 1.69. The van der Waals surface area contributed by atoms with Gasteiger partial charge < -0.3 is 9.47 Å². The van der Waals surface area contributed by atoms with Crippen LogP contribution in [0.3, 0.4) is 0 Å². The summed E-state index contributed by atoms with van der Waals surface area (Å²) >= 11 is 0. The number of ether oxygens (including phenoxy) is 2. The number of hydrogen-bond donors (Lipinski definition) is 0. The van der Waals surface area contributed by atoms with Crippen molar-refractivity contribution in [1.29, 1.82) is 0 Å². The fourth-order valence-electron chi connectivity index (χ4n) is 2.16. The maximum Gasteiger partial charge on any atom is 0.339 e. The lowest BCUT2D eigenvalue weighted by Crippen LogP contribution is -2.08. The zero-order valence-corrected chi connectivity index (χ0v) is 12.7. The van der Waals surface area contributed by atoms with Crippen molar-refractivity contribution in [2.45, 2.75) is 13.3 Å². The molecule has 0 N–H and O–H groups in total. The zero-order chi connectivity index (χ0) is 17.1. The molecule has 7 heteroatoms. The summed E-state index contributed by atoms with van der Waals surface area (Å²) in [6.07, 6.45) is -1.96. The minimum atomic E-state index is -2.92. The van der Waals surface area contributed by atoms with E-state index in [2.05, 4.69) is 9.72 Å². The molecule has 0 radical (unpaired) electrons. The van der Waals surface area contributed by atoms with E-state index in [1.165, 1.54) is 13.2 Å². The summed E-state index contributed by atoms with van der Waals surface area (Å²) in [4.78, 5) is 15.4. The fourth-order valence-corrected chi connectivity index (χ4v) is 2.16. The Morgan fingerprint density at radius 1 is 1.22 bits per heavy atom. The van der Waals surface area contributed by atoms with Crippen molar-refractivity contribution < 1.29 is 27.4 Å². The summed E-state index contributed by atoms with van der Waals surface area (Å²) in [6, 6.07) is 3.59. The van der Waals surface area contributed by atoms with Gasteiger partial charge in [-0.1, -0.05) is 0 Å². The first-order valence-corrected chi connectivity index (χ1v) is 6.60. The summed E-state index contributed by atoms with van der Waals surface area (Å²) < 4.78 is 49.9. The van der Waals surface area contributed by atoms with Crippen molar-refractivity contribution in [3.05, 3.63) is 46.9 Å². The third-order valence-corrected chi connectivity index (χ3v) is 3.34. The normalized spacial score (nSPS) is 10.7. The molecule has 2 rings (SSSR count). The quantitative estimate of drug-likeness (QED) is 0.799. The smallest absolute Gasteiger partial charge is 0.339 e. The molecular formula is C16H14F3NO3. The van der Waals surface area contributed by atoms with Crippen molar-refractivity contribution >= 4 is 5.97 Å². The molecule has 0 aliphatic heterocycles. The maximum atomic E-state index is 14.2. The number of halogens is 3. The standard InChI is InChI=1S/C16H14F3NO3/c1-8-4-10(12(17)6-14(8)22-2)13-5-9(15(18)19)11(7-20-13)16(21)23-3/h4-7,15H,1-3H3. The molecule has 0 aliphatic rings. The van der Waals surface area contributed by atoms with Crippen LogP contribution in [0.15, 0.2) is 24.4 Å². The van der Waals surface area contributed by atoms with Crippen LogP contribution in [0.25, 0.3) is 11.3 Å². The van der Waals surface area contributed by atoms with Gasteiger partial charge in [0.2, 0.25) is 0 Å². The van der Waals surface area contributed by atoms with Crippen LogP contribution in [0.5, 0.6) is 5.75 Å². The average molecular weight is 325 g/mol. The van der Waals surface area contributed by atoms with E-state index < -0.39 is 23.8 Å². The first-order valence-electron chi connectivity index (χ1n) is 6.60. The fraction of sp³-hybridized carbons (Fsp3) is 0.250. The number of methoxy groups -OCH3 is 2. The molecular weight excluding hydrogens is 311 g/mol. The van der Waals surface area contributed by atoms with Gasteiger partial charge in [-0.2, -0.15) is 0 Å². The molecule has 0 aliphatic carbocycles. The van der Waals surface area contributed by atoms with Gasteiger partial charge in [0, 0.05) is 23.4 Å². The molecule has 0 saturated heterocycles. The second-order valence-electron chi connectivity index (χ2n) is 4.75. The molecule has 0 spiro atoms. The lowest BCUT2D eigenvalue weighted by molar-refractivity contribution is 0.0589. The highest BCUT2D eigenvalue weighted by molar-refractivity contribution is 5.91. The number of carbonyl (C=O) groups is 1. The Morgan fingerprint density at radius 2 is 1.91 bits per heavy atom. The molecule has 1 aromatic heterocycles. The second-order valence-corrected chi connectivity index (χ2v) is 4.75. The molecule has 0 amide bonds. The van der Waals surface area contributed by atoms with Crippen molar-refractivity contribution in [2.24, 2.45) is 0 Å². The predicted molar refractivity (Wildman–Crippen MR) is 77.2 cm³/mol. The molecule has 1 aromatic carbocycles. The largest absolute Gasteiger partial charge is 0.496 e. The third-order valence-electron chi connectivity index (χ3n) is 3.34. The van der Waals surface area contributed by atoms with Crippen LogP contribution in [0.4, 0.5) is 13.2 Å². The summed E-state index contributed by atoms with van der Waals surface area (Å²) in [5.74, 6) is -1.25. The molecule has 0 unspecified atom stereocenters. The summed E-state index contributed by atoms with van der Waals surface area (Å²) in [5, 5.41) is 0. The van der Waals surface area contributed by atoms with E-state index in [1.54, 1.807) is 6.92 Å². The van der Waals surface area contributed by atoms with Gasteiger partial charge in [-0.3, -0.25) is 4.98 Å². The van der Waals surface area contributed by atoms with Crippen LogP contribution in [-0.2, 0) is 4.74 Å². The number of nitrogens with zero attached hydrogens (tertiary/aromatic N) is 1. The van der Waals surface area contributed by atoms with E-state index in [0.717, 1.165) is 25.4 Å². The third kappa shape index (κ3) is 3.28. The van der Waals surface area contributed by atoms with Crippen LogP contribution in [0, 0.1) is 12.7 Å². The topological polar surface area (TPSA) is 48.4 Å². The van der Waals surface area contributed by atoms with Crippen molar-refractivity contribution in [3.8, 4) is 17.0 Å². The lowest BCUT2D eigenvalue weighted by Gasteiger charge is -2.12. The predicted octanol–water partition coefficient (Wildman–Crippen LogP) is 3.93. The van der Waals surface area contributed by atoms with Crippen molar-refractivity contribution in [3.63, 3.8) is 0 Å². The van der Waals surface area contributed by atoms with Crippen LogP contribution >= 0.6 is 0 Å². The zero-order valence-electron chi connectivity index (χ0n) is 12.7. The Morgan fingerprint density at radius 3 is 2.48 bits per heavy atom. The highest BCUT2D eigenvalue weighted by atomic mass is 19.3. The maximum absolute atomic E-state index is 14.2. The highest BCUT2D eigenvalue weighted by Crippen LogP contribution is 2.32. The molecule has 122 valence electrons. The molecule has 0 atom stereocenters. The summed E-state index contributed by atoms with van der Waals surface area (Å²) in [5.41, 5.74) is -0.245. The number of aryl methyl sites for hydroxylation is 1. The Kier molecular flexibility index (Phi) is 4.88. The monoisotopic (exact) mass is 325 g/mol. The molecule has 2 aromatic rings. The molecule has 1 heterocycles. The second kappa shape index (κ2) is 6.68. The van der Waals surface area contributed by atoms with E-state index in [1.807, 2.05) is 0 Å². The average Bonchev–Trinajstić information content (AvgIpc) is 2.55. The van der Waals surface area contributed by atoms with Crippen molar-refractivity contribution in [1.82, 2.24) is 4.98 Å². The van der Waals surface area contributed by atoms with Gasteiger partial charge in [-0.05, 0) is 24.6 Å². The van der Waals surface area contributed by atoms with Gasteiger partial charge >= 0.3 is 5.97 Å². The van der Waals surface area contributed by atoms with Gasteiger partial charge in [0.15, 0.2) is 0 Å². The van der Waals surface area contributed by atoms with Gasteiger partial charge in [0.1, 0.15) is 11.6 Å². The Bertz CT molecular complexity index is 748. The van der Waals surface area contributed by atoms with Crippen LogP contribution in [0.1, 0.15) is 27.9 Å². The van der Waals surface area contributed by atoms with E-state index in [4.69, 9.17) is 4.74 Å². The minimum absolute atomic E-state index is 0.00351. The van der Waals surface area contributed by atoms with E-state index in [-0.39, 0.29) is 16.8 Å². The van der Waals surface area contributed by atoms with E-state index >= 15 is 0 Å². The number of benzene rings is 1. The SMILES string of the molecule is COC(=O)c1cnc(-c2cc(C)c(OC)cc2F)cc1C(F)F. The summed E-state index contributed by atoms with van der Waals surface area (Å²) in [7, 11) is 2.48. The molecule has 0 fully saturated rings. The number of hydrogen-bond acceptors (Lipinski definition) is 4.